The number of aromatic nitrogens is 1. The standard InChI is InChI=1S/C20H18Cl2FN5O3/c1-10-20(30)27(9-16(29)25-11-3-4-12(21)13(23)7-11)15-8-17(31-2)26-19(22)18(15)14-5-6-24-28(10)14/h3-4,6-8,10,14H,5,9H2,1-2H3,(H,25,29)/t10-,14?/m1/s1. The summed E-state index contributed by atoms with van der Waals surface area (Å²) in [7, 11) is 1.43. The maximum absolute atomic E-state index is 13.7. The average molecular weight is 466 g/mol. The van der Waals surface area contributed by atoms with Crippen molar-refractivity contribution in [1.82, 2.24) is 9.99 Å². The summed E-state index contributed by atoms with van der Waals surface area (Å²) < 4.78 is 18.9. The van der Waals surface area contributed by atoms with E-state index in [9.17, 15) is 14.0 Å². The third-order valence-corrected chi connectivity index (χ3v) is 5.78. The highest BCUT2D eigenvalue weighted by molar-refractivity contribution is 6.31. The molecule has 2 aliphatic rings. The molecule has 31 heavy (non-hydrogen) atoms. The van der Waals surface area contributed by atoms with Gasteiger partial charge in [0.25, 0.3) is 5.91 Å². The van der Waals surface area contributed by atoms with Crippen LogP contribution >= 0.6 is 23.2 Å². The predicted octanol–water partition coefficient (Wildman–Crippen LogP) is 3.64. The molecule has 0 fully saturated rings. The Labute approximate surface area is 187 Å². The highest BCUT2D eigenvalue weighted by Crippen LogP contribution is 2.44. The molecule has 4 rings (SSSR count). The summed E-state index contributed by atoms with van der Waals surface area (Å²) >= 11 is 12.1. The van der Waals surface area contributed by atoms with E-state index in [1.54, 1.807) is 24.2 Å². The Balaban J connectivity index is 1.70. The zero-order chi connectivity index (χ0) is 22.3. The van der Waals surface area contributed by atoms with Crippen LogP contribution in [0.5, 0.6) is 5.88 Å². The smallest absolute Gasteiger partial charge is 0.251 e. The fourth-order valence-electron chi connectivity index (χ4n) is 3.71. The van der Waals surface area contributed by atoms with Crippen molar-refractivity contribution in [2.75, 3.05) is 23.9 Å². The van der Waals surface area contributed by atoms with Crippen LogP contribution in [0.2, 0.25) is 10.2 Å². The van der Waals surface area contributed by atoms with Crippen LogP contribution in [0.15, 0.2) is 29.4 Å². The maximum atomic E-state index is 13.7. The van der Waals surface area contributed by atoms with Crippen molar-refractivity contribution in [1.29, 1.82) is 0 Å². The molecule has 1 aromatic carbocycles. The van der Waals surface area contributed by atoms with E-state index in [1.807, 2.05) is 0 Å². The summed E-state index contributed by atoms with van der Waals surface area (Å²) in [5.41, 5.74) is 1.23. The van der Waals surface area contributed by atoms with Crippen LogP contribution in [-0.4, -0.2) is 47.7 Å². The minimum absolute atomic E-state index is 0.0566. The van der Waals surface area contributed by atoms with Gasteiger partial charge in [-0.3, -0.25) is 14.6 Å². The lowest BCUT2D eigenvalue weighted by atomic mass is 10.0. The Kier molecular flexibility index (Phi) is 5.72. The topological polar surface area (TPSA) is 87.1 Å². The minimum Gasteiger partial charge on any atom is -0.481 e. The first-order valence-electron chi connectivity index (χ1n) is 9.41. The van der Waals surface area contributed by atoms with Crippen molar-refractivity contribution in [2.45, 2.75) is 25.4 Å². The first-order valence-corrected chi connectivity index (χ1v) is 10.2. The number of hydrogen-bond acceptors (Lipinski definition) is 6. The lowest BCUT2D eigenvalue weighted by molar-refractivity contribution is -0.125. The molecule has 1 unspecified atom stereocenters. The number of hydrazone groups is 1. The Morgan fingerprint density at radius 3 is 2.84 bits per heavy atom. The molecular formula is C20H18Cl2FN5O3. The van der Waals surface area contributed by atoms with Crippen LogP contribution in [0.1, 0.15) is 24.9 Å². The first kappa shape index (κ1) is 21.3. The number of rotatable bonds is 4. The lowest BCUT2D eigenvalue weighted by Crippen LogP contribution is -2.45. The van der Waals surface area contributed by atoms with E-state index in [0.29, 0.717) is 17.7 Å². The molecule has 0 saturated carbocycles. The molecule has 162 valence electrons. The van der Waals surface area contributed by atoms with Gasteiger partial charge in [0.1, 0.15) is 23.6 Å². The fourth-order valence-corrected chi connectivity index (χ4v) is 4.14. The maximum Gasteiger partial charge on any atom is 0.251 e. The van der Waals surface area contributed by atoms with Crippen molar-refractivity contribution in [3.63, 3.8) is 0 Å². The molecule has 8 nitrogen and oxygen atoms in total. The van der Waals surface area contributed by atoms with Gasteiger partial charge in [0, 0.05) is 30.0 Å². The highest BCUT2D eigenvalue weighted by atomic mass is 35.5. The average Bonchev–Trinajstić information content (AvgIpc) is 3.19. The number of ether oxygens (including phenoxy) is 1. The predicted molar refractivity (Wildman–Crippen MR) is 115 cm³/mol. The van der Waals surface area contributed by atoms with Crippen LogP contribution in [-0.2, 0) is 9.59 Å². The summed E-state index contributed by atoms with van der Waals surface area (Å²) in [4.78, 5) is 31.6. The third kappa shape index (κ3) is 3.90. The molecule has 11 heteroatoms. The van der Waals surface area contributed by atoms with Gasteiger partial charge in [0.15, 0.2) is 0 Å². The normalized spacial score (nSPS) is 19.7. The van der Waals surface area contributed by atoms with Crippen molar-refractivity contribution in [3.8, 4) is 5.88 Å². The molecular weight excluding hydrogens is 448 g/mol. The monoisotopic (exact) mass is 465 g/mol. The van der Waals surface area contributed by atoms with E-state index in [2.05, 4.69) is 15.4 Å². The summed E-state index contributed by atoms with van der Waals surface area (Å²) in [5, 5.41) is 8.67. The minimum atomic E-state index is -0.662. The quantitative estimate of drug-likeness (QED) is 0.696. The lowest BCUT2D eigenvalue weighted by Gasteiger charge is -2.26. The van der Waals surface area contributed by atoms with E-state index >= 15 is 0 Å². The van der Waals surface area contributed by atoms with Crippen LogP contribution in [0.3, 0.4) is 0 Å². The van der Waals surface area contributed by atoms with E-state index in [-0.39, 0.29) is 40.2 Å². The molecule has 3 heterocycles. The number of carbonyl (C=O) groups is 2. The number of hydrogen-bond donors (Lipinski definition) is 1. The van der Waals surface area contributed by atoms with Crippen LogP contribution in [0.25, 0.3) is 0 Å². The zero-order valence-electron chi connectivity index (χ0n) is 16.6. The second kappa shape index (κ2) is 8.32. The Morgan fingerprint density at radius 2 is 2.13 bits per heavy atom. The number of nitrogens with one attached hydrogen (secondary N) is 1. The molecule has 2 amide bonds. The molecule has 2 aromatic rings. The summed E-state index contributed by atoms with van der Waals surface area (Å²) in [5.74, 6) is -1.32. The van der Waals surface area contributed by atoms with Gasteiger partial charge in [-0.15, -0.1) is 0 Å². The van der Waals surface area contributed by atoms with Crippen LogP contribution in [0.4, 0.5) is 15.8 Å². The Morgan fingerprint density at radius 1 is 1.35 bits per heavy atom. The summed E-state index contributed by atoms with van der Waals surface area (Å²) in [6.07, 6.45) is 2.26. The summed E-state index contributed by atoms with van der Waals surface area (Å²) in [6, 6.07) is 4.55. The number of amides is 2. The molecule has 0 bridgehead atoms. The molecule has 0 saturated heterocycles. The van der Waals surface area contributed by atoms with Gasteiger partial charge in [-0.2, -0.15) is 5.10 Å². The summed E-state index contributed by atoms with van der Waals surface area (Å²) in [6.45, 7) is 1.39. The number of pyridine rings is 1. The van der Waals surface area contributed by atoms with Gasteiger partial charge < -0.3 is 15.0 Å². The number of nitrogens with zero attached hydrogens (tertiary/aromatic N) is 4. The molecule has 2 atom stereocenters. The molecule has 1 N–H and O–H groups in total. The first-order chi connectivity index (χ1) is 14.8. The number of methoxy groups -OCH3 is 1. The number of benzene rings is 1. The zero-order valence-corrected chi connectivity index (χ0v) is 18.1. The highest BCUT2D eigenvalue weighted by Gasteiger charge is 2.42. The van der Waals surface area contributed by atoms with Crippen molar-refractivity contribution >= 4 is 52.6 Å². The van der Waals surface area contributed by atoms with Gasteiger partial charge in [0.2, 0.25) is 11.8 Å². The van der Waals surface area contributed by atoms with Gasteiger partial charge >= 0.3 is 0 Å². The van der Waals surface area contributed by atoms with Crippen molar-refractivity contribution in [3.05, 3.63) is 45.8 Å². The van der Waals surface area contributed by atoms with Crippen LogP contribution < -0.4 is 15.0 Å². The number of carbonyl (C=O) groups excluding carboxylic acids is 2. The molecule has 1 aromatic heterocycles. The third-order valence-electron chi connectivity index (χ3n) is 5.19. The molecule has 0 radical (unpaired) electrons. The van der Waals surface area contributed by atoms with E-state index < -0.39 is 17.8 Å². The second-order valence-corrected chi connectivity index (χ2v) is 7.86. The van der Waals surface area contributed by atoms with Gasteiger partial charge in [-0.25, -0.2) is 9.37 Å². The van der Waals surface area contributed by atoms with E-state index in [1.165, 1.54) is 24.1 Å². The number of anilines is 2. The second-order valence-electron chi connectivity index (χ2n) is 7.10. The largest absolute Gasteiger partial charge is 0.481 e. The van der Waals surface area contributed by atoms with E-state index in [0.717, 1.165) is 6.07 Å². The molecule has 0 aliphatic carbocycles. The van der Waals surface area contributed by atoms with Gasteiger partial charge in [-0.05, 0) is 25.1 Å². The van der Waals surface area contributed by atoms with E-state index in [4.69, 9.17) is 27.9 Å². The van der Waals surface area contributed by atoms with Gasteiger partial charge in [-0.1, -0.05) is 23.2 Å². The molecule has 2 aliphatic heterocycles. The van der Waals surface area contributed by atoms with Crippen LogP contribution in [0, 0.1) is 5.82 Å². The Bertz CT molecular complexity index is 1100. The van der Waals surface area contributed by atoms with Crippen molar-refractivity contribution < 1.29 is 18.7 Å². The Hall–Kier alpha value is -2.91. The van der Waals surface area contributed by atoms with Gasteiger partial charge in [0.05, 0.1) is 23.9 Å². The number of fused-ring (bicyclic) bond motifs is 3. The number of halogens is 3. The SMILES string of the molecule is COc1cc2c(c(Cl)n1)C1CC=NN1[C@H](C)C(=O)N2CC(=O)Nc1ccc(Cl)c(F)c1. The fraction of sp³-hybridized carbons (Fsp3) is 0.300. The molecule has 0 spiro atoms. The van der Waals surface area contributed by atoms with Crippen molar-refractivity contribution in [2.24, 2.45) is 5.10 Å².